The Hall–Kier alpha value is -1.19. The maximum Gasteiger partial charge on any atom is 0.243 e. The molecule has 0 amide bonds. The van der Waals surface area contributed by atoms with E-state index >= 15 is 0 Å². The lowest BCUT2D eigenvalue weighted by atomic mass is 10.00. The third-order valence-corrected chi connectivity index (χ3v) is 6.58. The Balaban J connectivity index is 2.22. The van der Waals surface area contributed by atoms with Crippen molar-refractivity contribution in [1.82, 2.24) is 4.31 Å². The van der Waals surface area contributed by atoms with Gasteiger partial charge in [-0.15, -0.1) is 0 Å². The van der Waals surface area contributed by atoms with Crippen LogP contribution in [0.1, 0.15) is 26.7 Å². The van der Waals surface area contributed by atoms with Crippen LogP contribution in [0.2, 0.25) is 0 Å². The van der Waals surface area contributed by atoms with Crippen molar-refractivity contribution < 1.29 is 28.1 Å². The molecule has 0 aliphatic carbocycles. The highest BCUT2D eigenvalue weighted by Crippen LogP contribution is 2.32. The summed E-state index contributed by atoms with van der Waals surface area (Å²) in [6.07, 6.45) is 1.40. The highest BCUT2D eigenvalue weighted by Gasteiger charge is 2.47. The van der Waals surface area contributed by atoms with Crippen LogP contribution in [0.5, 0.6) is 5.75 Å². The number of ether oxygens (including phenoxy) is 2. The number of hydrogen-bond donors (Lipinski definition) is 2. The molecule has 7 nitrogen and oxygen atoms in total. The van der Waals surface area contributed by atoms with Crippen LogP contribution < -0.4 is 4.74 Å². The Labute approximate surface area is 155 Å². The Bertz CT molecular complexity index is 648. The van der Waals surface area contributed by atoms with E-state index < -0.39 is 28.1 Å². The van der Waals surface area contributed by atoms with Gasteiger partial charge in [0.15, 0.2) is 0 Å². The predicted molar refractivity (Wildman–Crippen MR) is 97.6 cm³/mol. The van der Waals surface area contributed by atoms with Gasteiger partial charge in [0, 0.05) is 19.1 Å². The monoisotopic (exact) mass is 387 g/mol. The first-order valence-electron chi connectivity index (χ1n) is 9.07. The minimum absolute atomic E-state index is 0.121. The van der Waals surface area contributed by atoms with Gasteiger partial charge < -0.3 is 19.7 Å². The van der Waals surface area contributed by atoms with Gasteiger partial charge in [0.1, 0.15) is 5.75 Å². The maximum atomic E-state index is 13.0. The van der Waals surface area contributed by atoms with Gasteiger partial charge in [0.25, 0.3) is 0 Å². The zero-order valence-electron chi connectivity index (χ0n) is 15.4. The number of hydrogen-bond acceptors (Lipinski definition) is 6. The molecule has 0 unspecified atom stereocenters. The molecule has 1 aliphatic heterocycles. The molecule has 1 aromatic carbocycles. The molecule has 0 aromatic heterocycles. The second kappa shape index (κ2) is 9.66. The summed E-state index contributed by atoms with van der Waals surface area (Å²) in [5.74, 6) is 0.148. The topological polar surface area (TPSA) is 96.3 Å². The minimum atomic E-state index is -3.81. The van der Waals surface area contributed by atoms with E-state index in [0.717, 1.165) is 12.8 Å². The fraction of sp³-hybridized carbons (Fsp3) is 0.667. The van der Waals surface area contributed by atoms with Crippen molar-refractivity contribution in [2.75, 3.05) is 33.0 Å². The van der Waals surface area contributed by atoms with Crippen LogP contribution in [0.25, 0.3) is 0 Å². The molecule has 0 radical (unpaired) electrons. The molecule has 148 valence electrons. The van der Waals surface area contributed by atoms with E-state index in [-0.39, 0.29) is 24.7 Å². The Kier molecular flexibility index (Phi) is 7.85. The van der Waals surface area contributed by atoms with Crippen LogP contribution in [0, 0.1) is 5.92 Å². The summed E-state index contributed by atoms with van der Waals surface area (Å²) in [5, 5.41) is 19.5. The summed E-state index contributed by atoms with van der Waals surface area (Å²) >= 11 is 0. The molecule has 0 bridgehead atoms. The van der Waals surface area contributed by atoms with Crippen molar-refractivity contribution in [1.29, 1.82) is 0 Å². The van der Waals surface area contributed by atoms with Crippen LogP contribution in [-0.4, -0.2) is 68.1 Å². The Morgan fingerprint density at radius 3 is 2.38 bits per heavy atom. The first-order chi connectivity index (χ1) is 12.5. The number of aliphatic hydroxyl groups is 2. The summed E-state index contributed by atoms with van der Waals surface area (Å²) in [7, 11) is -3.81. The highest BCUT2D eigenvalue weighted by molar-refractivity contribution is 7.89. The Morgan fingerprint density at radius 2 is 1.85 bits per heavy atom. The van der Waals surface area contributed by atoms with Gasteiger partial charge in [-0.3, -0.25) is 0 Å². The quantitative estimate of drug-likeness (QED) is 0.587. The molecule has 8 heteroatoms. The summed E-state index contributed by atoms with van der Waals surface area (Å²) < 4.78 is 38.5. The van der Waals surface area contributed by atoms with Crippen molar-refractivity contribution in [2.45, 2.75) is 43.7 Å². The van der Waals surface area contributed by atoms with Crippen LogP contribution >= 0.6 is 0 Å². The van der Waals surface area contributed by atoms with Crippen LogP contribution in [0.3, 0.4) is 0 Å². The average molecular weight is 387 g/mol. The van der Waals surface area contributed by atoms with Gasteiger partial charge in [-0.25, -0.2) is 8.42 Å². The minimum Gasteiger partial charge on any atom is -0.494 e. The van der Waals surface area contributed by atoms with Gasteiger partial charge in [-0.2, -0.15) is 4.31 Å². The van der Waals surface area contributed by atoms with Crippen molar-refractivity contribution in [3.8, 4) is 5.75 Å². The molecular weight excluding hydrogens is 358 g/mol. The molecule has 0 saturated carbocycles. The maximum absolute atomic E-state index is 13.0. The molecule has 1 fully saturated rings. The second-order valence-electron chi connectivity index (χ2n) is 6.34. The normalized spacial score (nSPS) is 24.1. The number of benzene rings is 1. The third kappa shape index (κ3) is 4.55. The molecule has 3 atom stereocenters. The zero-order valence-corrected chi connectivity index (χ0v) is 16.2. The van der Waals surface area contributed by atoms with E-state index in [1.165, 1.54) is 16.4 Å². The lowest BCUT2D eigenvalue weighted by molar-refractivity contribution is 0.00855. The fourth-order valence-electron chi connectivity index (χ4n) is 3.22. The fourth-order valence-corrected chi connectivity index (χ4v) is 4.89. The van der Waals surface area contributed by atoms with Crippen molar-refractivity contribution in [3.63, 3.8) is 0 Å². The molecular formula is C18H29NO6S. The molecule has 1 aromatic rings. The molecule has 0 spiro atoms. The van der Waals surface area contributed by atoms with E-state index in [1.807, 2.05) is 13.8 Å². The zero-order chi connectivity index (χ0) is 19.2. The first-order valence-corrected chi connectivity index (χ1v) is 10.5. The van der Waals surface area contributed by atoms with Crippen molar-refractivity contribution >= 4 is 10.0 Å². The summed E-state index contributed by atoms with van der Waals surface area (Å²) in [6.45, 7) is 4.42. The molecule has 1 aliphatic rings. The number of nitrogens with zero attached hydrogens (tertiary/aromatic N) is 1. The second-order valence-corrected chi connectivity index (χ2v) is 8.23. The molecule has 2 rings (SSSR count). The predicted octanol–water partition coefficient (Wildman–Crippen LogP) is 1.24. The van der Waals surface area contributed by atoms with Gasteiger partial charge in [0.05, 0.1) is 36.9 Å². The van der Waals surface area contributed by atoms with Crippen molar-refractivity contribution in [3.05, 3.63) is 24.3 Å². The van der Waals surface area contributed by atoms with Crippen LogP contribution in [-0.2, 0) is 14.8 Å². The SMILES string of the molecule is CCCCO[C@H]1CN(S(=O)(=O)c2ccc(OCC)cc2)[C@@H](CO)[C@H]1CO. The smallest absolute Gasteiger partial charge is 0.243 e. The van der Waals surface area contributed by atoms with Gasteiger partial charge in [-0.1, -0.05) is 13.3 Å². The molecule has 2 N–H and O–H groups in total. The number of rotatable bonds is 10. The van der Waals surface area contributed by atoms with Gasteiger partial charge >= 0.3 is 0 Å². The number of sulfonamides is 1. The van der Waals surface area contributed by atoms with E-state index in [1.54, 1.807) is 12.1 Å². The summed E-state index contributed by atoms with van der Waals surface area (Å²) in [6, 6.07) is 5.50. The number of aliphatic hydroxyl groups excluding tert-OH is 2. The van der Waals surface area contributed by atoms with E-state index in [9.17, 15) is 18.6 Å². The molecule has 1 heterocycles. The van der Waals surface area contributed by atoms with E-state index in [2.05, 4.69) is 0 Å². The van der Waals surface area contributed by atoms with Gasteiger partial charge in [-0.05, 0) is 37.6 Å². The Morgan fingerprint density at radius 1 is 1.15 bits per heavy atom. The van der Waals surface area contributed by atoms with Crippen LogP contribution in [0.4, 0.5) is 0 Å². The lowest BCUT2D eigenvalue weighted by Gasteiger charge is -2.25. The van der Waals surface area contributed by atoms with Crippen molar-refractivity contribution in [2.24, 2.45) is 5.92 Å². The first kappa shape index (κ1) is 21.1. The summed E-state index contributed by atoms with van der Waals surface area (Å²) in [4.78, 5) is 0.130. The standard InChI is InChI=1S/C18H29NO6S/c1-3-5-10-25-18-11-19(17(13-21)16(18)12-20)26(22,23)15-8-6-14(7-9-15)24-4-2/h6-9,16-18,20-21H,3-5,10-13H2,1-2H3/t16-,17+,18+/m1/s1. The van der Waals surface area contributed by atoms with E-state index in [0.29, 0.717) is 19.0 Å². The molecule has 1 saturated heterocycles. The largest absolute Gasteiger partial charge is 0.494 e. The summed E-state index contributed by atoms with van der Waals surface area (Å²) in [5.41, 5.74) is 0. The molecule has 26 heavy (non-hydrogen) atoms. The van der Waals surface area contributed by atoms with E-state index in [4.69, 9.17) is 9.47 Å². The lowest BCUT2D eigenvalue weighted by Crippen LogP contribution is -2.41. The third-order valence-electron chi connectivity index (χ3n) is 4.67. The average Bonchev–Trinajstić information content (AvgIpc) is 3.01. The highest BCUT2D eigenvalue weighted by atomic mass is 32.2. The van der Waals surface area contributed by atoms with Gasteiger partial charge in [0.2, 0.25) is 10.0 Å². The number of unbranched alkanes of at least 4 members (excludes halogenated alkanes) is 1. The van der Waals surface area contributed by atoms with Crippen LogP contribution in [0.15, 0.2) is 29.2 Å².